The summed E-state index contributed by atoms with van der Waals surface area (Å²) in [6.07, 6.45) is 5.47. The zero-order chi connectivity index (χ0) is 17.9. The first-order chi connectivity index (χ1) is 12.7. The summed E-state index contributed by atoms with van der Waals surface area (Å²) in [5.41, 5.74) is 0. The van der Waals surface area contributed by atoms with Gasteiger partial charge in [0.05, 0.1) is 0 Å². The van der Waals surface area contributed by atoms with E-state index < -0.39 is 0 Å². The Labute approximate surface area is 152 Å². The SMILES string of the molecule is Cc1nc(N2CCCC2)cc(N2CCN(C(=O)Cn3cncn3)CC2)n1. The highest BCUT2D eigenvalue weighted by Gasteiger charge is 2.23. The molecule has 9 nitrogen and oxygen atoms in total. The third-order valence-corrected chi connectivity index (χ3v) is 4.96. The number of amides is 1. The van der Waals surface area contributed by atoms with E-state index in [1.165, 1.54) is 19.2 Å². The minimum Gasteiger partial charge on any atom is -0.356 e. The molecule has 2 aromatic rings. The van der Waals surface area contributed by atoms with Gasteiger partial charge >= 0.3 is 0 Å². The van der Waals surface area contributed by atoms with Crippen molar-refractivity contribution in [3.63, 3.8) is 0 Å². The van der Waals surface area contributed by atoms with Crippen molar-refractivity contribution < 1.29 is 4.79 Å². The molecule has 2 saturated heterocycles. The minimum atomic E-state index is 0.0757. The van der Waals surface area contributed by atoms with E-state index >= 15 is 0 Å². The van der Waals surface area contributed by atoms with Gasteiger partial charge in [-0.25, -0.2) is 19.6 Å². The Morgan fingerprint density at radius 3 is 2.27 bits per heavy atom. The van der Waals surface area contributed by atoms with Crippen LogP contribution < -0.4 is 9.80 Å². The highest BCUT2D eigenvalue weighted by atomic mass is 16.2. The van der Waals surface area contributed by atoms with E-state index in [9.17, 15) is 4.79 Å². The Bertz CT molecular complexity index is 748. The van der Waals surface area contributed by atoms with Crippen molar-refractivity contribution in [2.75, 3.05) is 49.1 Å². The van der Waals surface area contributed by atoms with Crippen LogP contribution in [0, 0.1) is 6.92 Å². The lowest BCUT2D eigenvalue weighted by Crippen LogP contribution is -2.50. The molecule has 2 aromatic heterocycles. The summed E-state index contributed by atoms with van der Waals surface area (Å²) >= 11 is 0. The van der Waals surface area contributed by atoms with Crippen LogP contribution in [0.25, 0.3) is 0 Å². The van der Waals surface area contributed by atoms with Crippen LogP contribution in [0.4, 0.5) is 11.6 Å². The van der Waals surface area contributed by atoms with Gasteiger partial charge in [-0.2, -0.15) is 5.10 Å². The van der Waals surface area contributed by atoms with E-state index in [0.29, 0.717) is 13.1 Å². The molecule has 138 valence electrons. The van der Waals surface area contributed by atoms with Crippen LogP contribution in [0.5, 0.6) is 0 Å². The van der Waals surface area contributed by atoms with Crippen molar-refractivity contribution in [2.24, 2.45) is 0 Å². The molecule has 4 rings (SSSR count). The van der Waals surface area contributed by atoms with Gasteiger partial charge < -0.3 is 14.7 Å². The first-order valence-corrected chi connectivity index (χ1v) is 9.15. The van der Waals surface area contributed by atoms with Crippen LogP contribution in [0.15, 0.2) is 18.7 Å². The largest absolute Gasteiger partial charge is 0.356 e. The lowest BCUT2D eigenvalue weighted by Gasteiger charge is -2.35. The number of carbonyl (C=O) groups is 1. The molecule has 0 saturated carbocycles. The smallest absolute Gasteiger partial charge is 0.244 e. The molecule has 9 heteroatoms. The Morgan fingerprint density at radius 1 is 1.00 bits per heavy atom. The van der Waals surface area contributed by atoms with Gasteiger partial charge in [0.25, 0.3) is 0 Å². The molecule has 26 heavy (non-hydrogen) atoms. The molecule has 2 aliphatic rings. The molecular weight excluding hydrogens is 332 g/mol. The molecule has 0 bridgehead atoms. The number of aromatic nitrogens is 5. The van der Waals surface area contributed by atoms with Gasteiger partial charge in [0.1, 0.15) is 36.7 Å². The first-order valence-electron chi connectivity index (χ1n) is 9.15. The second-order valence-electron chi connectivity index (χ2n) is 6.79. The molecule has 0 spiro atoms. The fraction of sp³-hybridized carbons (Fsp3) is 0.588. The van der Waals surface area contributed by atoms with Crippen LogP contribution in [0.2, 0.25) is 0 Å². The number of carbonyl (C=O) groups excluding carboxylic acids is 1. The van der Waals surface area contributed by atoms with Crippen molar-refractivity contribution in [2.45, 2.75) is 26.3 Å². The molecule has 2 aliphatic heterocycles. The summed E-state index contributed by atoms with van der Waals surface area (Å²) in [6.45, 7) is 7.26. The van der Waals surface area contributed by atoms with Gasteiger partial charge in [0.2, 0.25) is 5.91 Å². The van der Waals surface area contributed by atoms with Crippen LogP contribution in [-0.2, 0) is 11.3 Å². The Hall–Kier alpha value is -2.71. The summed E-state index contributed by atoms with van der Waals surface area (Å²) in [5.74, 6) is 2.86. The van der Waals surface area contributed by atoms with E-state index in [4.69, 9.17) is 0 Å². The second kappa shape index (κ2) is 7.27. The molecular formula is C17H24N8O. The van der Waals surface area contributed by atoms with Gasteiger partial charge in [0, 0.05) is 45.3 Å². The third kappa shape index (κ3) is 3.61. The summed E-state index contributed by atoms with van der Waals surface area (Å²) in [7, 11) is 0. The van der Waals surface area contributed by atoms with Crippen molar-refractivity contribution in [3.8, 4) is 0 Å². The topological polar surface area (TPSA) is 83.3 Å². The van der Waals surface area contributed by atoms with E-state index in [0.717, 1.165) is 43.6 Å². The van der Waals surface area contributed by atoms with Gasteiger partial charge in [-0.05, 0) is 19.8 Å². The quantitative estimate of drug-likeness (QED) is 0.780. The summed E-state index contributed by atoms with van der Waals surface area (Å²) in [6, 6.07) is 2.09. The lowest BCUT2D eigenvalue weighted by atomic mass is 10.3. The molecule has 2 fully saturated rings. The second-order valence-corrected chi connectivity index (χ2v) is 6.79. The molecule has 0 aromatic carbocycles. The zero-order valence-electron chi connectivity index (χ0n) is 15.1. The fourth-order valence-electron chi connectivity index (χ4n) is 3.54. The number of aryl methyl sites for hydroxylation is 1. The number of anilines is 2. The van der Waals surface area contributed by atoms with E-state index in [1.807, 2.05) is 11.8 Å². The van der Waals surface area contributed by atoms with Gasteiger partial charge in [-0.15, -0.1) is 0 Å². The Kier molecular flexibility index (Phi) is 4.68. The standard InChI is InChI=1S/C17H24N8O/c1-14-20-15(22-4-2-3-5-22)10-16(21-14)23-6-8-24(9-7-23)17(26)11-25-13-18-12-19-25/h10,12-13H,2-9,11H2,1H3. The van der Waals surface area contributed by atoms with Crippen molar-refractivity contribution in [1.82, 2.24) is 29.6 Å². The normalized spacial score (nSPS) is 17.8. The molecule has 0 unspecified atom stereocenters. The molecule has 0 N–H and O–H groups in total. The number of piperazine rings is 1. The molecule has 1 amide bonds. The fourth-order valence-corrected chi connectivity index (χ4v) is 3.54. The van der Waals surface area contributed by atoms with Crippen molar-refractivity contribution in [3.05, 3.63) is 24.5 Å². The van der Waals surface area contributed by atoms with E-state index in [-0.39, 0.29) is 12.5 Å². The summed E-state index contributed by atoms with van der Waals surface area (Å²) in [5, 5.41) is 4.00. The summed E-state index contributed by atoms with van der Waals surface area (Å²) < 4.78 is 1.56. The molecule has 0 radical (unpaired) electrons. The van der Waals surface area contributed by atoms with Crippen molar-refractivity contribution in [1.29, 1.82) is 0 Å². The van der Waals surface area contributed by atoms with Crippen molar-refractivity contribution >= 4 is 17.5 Å². The molecule has 0 aliphatic carbocycles. The molecule has 4 heterocycles. The third-order valence-electron chi connectivity index (χ3n) is 4.96. The van der Waals surface area contributed by atoms with Crippen LogP contribution >= 0.6 is 0 Å². The highest BCUT2D eigenvalue weighted by Crippen LogP contribution is 2.23. The minimum absolute atomic E-state index is 0.0757. The van der Waals surface area contributed by atoms with Gasteiger partial charge in [0.15, 0.2) is 0 Å². The molecule has 0 atom stereocenters. The monoisotopic (exact) mass is 356 g/mol. The van der Waals surface area contributed by atoms with Crippen LogP contribution in [0.1, 0.15) is 18.7 Å². The first kappa shape index (κ1) is 16.7. The zero-order valence-corrected chi connectivity index (χ0v) is 15.1. The highest BCUT2D eigenvalue weighted by molar-refractivity contribution is 5.76. The Balaban J connectivity index is 1.39. The number of hydrogen-bond donors (Lipinski definition) is 0. The predicted octanol–water partition coefficient (Wildman–Crippen LogP) is 0.326. The maximum Gasteiger partial charge on any atom is 0.244 e. The van der Waals surface area contributed by atoms with Crippen LogP contribution in [0.3, 0.4) is 0 Å². The average molecular weight is 356 g/mol. The maximum absolute atomic E-state index is 12.4. The van der Waals surface area contributed by atoms with Gasteiger partial charge in [-0.3, -0.25) is 4.79 Å². The summed E-state index contributed by atoms with van der Waals surface area (Å²) in [4.78, 5) is 31.9. The van der Waals surface area contributed by atoms with Gasteiger partial charge in [-0.1, -0.05) is 0 Å². The van der Waals surface area contributed by atoms with E-state index in [1.54, 1.807) is 11.0 Å². The number of nitrogens with zero attached hydrogens (tertiary/aromatic N) is 8. The van der Waals surface area contributed by atoms with Crippen LogP contribution in [-0.4, -0.2) is 74.8 Å². The Morgan fingerprint density at radius 2 is 1.65 bits per heavy atom. The maximum atomic E-state index is 12.4. The number of hydrogen-bond acceptors (Lipinski definition) is 7. The van der Waals surface area contributed by atoms with E-state index in [2.05, 4.69) is 35.9 Å². The predicted molar refractivity (Wildman–Crippen MR) is 97.0 cm³/mol. The number of rotatable bonds is 4. The lowest BCUT2D eigenvalue weighted by molar-refractivity contribution is -0.132. The average Bonchev–Trinajstić information content (AvgIpc) is 3.35.